The van der Waals surface area contributed by atoms with E-state index >= 15 is 0 Å². The summed E-state index contributed by atoms with van der Waals surface area (Å²) in [4.78, 5) is 11.8. The molecule has 2 amide bonds. The number of carbonyl (C=O) groups excluding carboxylic acids is 1. The Bertz CT molecular complexity index is 842. The molecule has 2 aromatic rings. The lowest BCUT2D eigenvalue weighted by atomic mass is 10.1. The van der Waals surface area contributed by atoms with Crippen molar-refractivity contribution in [3.8, 4) is 6.07 Å². The summed E-state index contributed by atoms with van der Waals surface area (Å²) in [5.41, 5.74) is 1.05. The van der Waals surface area contributed by atoms with E-state index in [2.05, 4.69) is 5.32 Å². The van der Waals surface area contributed by atoms with Crippen molar-refractivity contribution in [1.29, 1.82) is 5.26 Å². The van der Waals surface area contributed by atoms with Crippen LogP contribution in [0.2, 0.25) is 0 Å². The van der Waals surface area contributed by atoms with Gasteiger partial charge in [0.25, 0.3) is 10.0 Å². The lowest BCUT2D eigenvalue weighted by Crippen LogP contribution is -2.40. The van der Waals surface area contributed by atoms with E-state index in [-0.39, 0.29) is 16.5 Å². The molecule has 118 valence electrons. The van der Waals surface area contributed by atoms with Crippen LogP contribution in [-0.2, 0) is 10.0 Å². The number of nitrogens with one attached hydrogen (secondary N) is 2. The maximum absolute atomic E-state index is 12.1. The number of amides is 2. The summed E-state index contributed by atoms with van der Waals surface area (Å²) >= 11 is 0. The van der Waals surface area contributed by atoms with Crippen molar-refractivity contribution >= 4 is 16.1 Å². The molecule has 7 heteroatoms. The molecule has 2 aromatic carbocycles. The zero-order chi connectivity index (χ0) is 16.9. The van der Waals surface area contributed by atoms with Crippen molar-refractivity contribution in [2.75, 3.05) is 0 Å². The van der Waals surface area contributed by atoms with Crippen LogP contribution in [0.5, 0.6) is 0 Å². The molecular formula is C16H15N3O3S. The van der Waals surface area contributed by atoms with Gasteiger partial charge in [-0.2, -0.15) is 5.26 Å². The molecule has 0 aromatic heterocycles. The Balaban J connectivity index is 2.08. The van der Waals surface area contributed by atoms with Gasteiger partial charge in [0.2, 0.25) is 0 Å². The van der Waals surface area contributed by atoms with Crippen molar-refractivity contribution in [3.63, 3.8) is 0 Å². The van der Waals surface area contributed by atoms with E-state index in [1.54, 1.807) is 6.92 Å². The number of urea groups is 1. The van der Waals surface area contributed by atoms with Crippen molar-refractivity contribution in [3.05, 3.63) is 65.7 Å². The monoisotopic (exact) mass is 329 g/mol. The van der Waals surface area contributed by atoms with Crippen LogP contribution in [0.4, 0.5) is 4.79 Å². The summed E-state index contributed by atoms with van der Waals surface area (Å²) in [5.74, 6) is 0. The van der Waals surface area contributed by atoms with Gasteiger partial charge < -0.3 is 5.32 Å². The summed E-state index contributed by atoms with van der Waals surface area (Å²) in [6.45, 7) is 1.75. The molecule has 0 fully saturated rings. The van der Waals surface area contributed by atoms with Gasteiger partial charge in [0.15, 0.2) is 0 Å². The highest BCUT2D eigenvalue weighted by Crippen LogP contribution is 2.13. The first-order chi connectivity index (χ1) is 10.9. The number of sulfonamides is 1. The molecular weight excluding hydrogens is 314 g/mol. The van der Waals surface area contributed by atoms with E-state index in [0.29, 0.717) is 0 Å². The van der Waals surface area contributed by atoms with Crippen molar-refractivity contribution in [2.45, 2.75) is 17.9 Å². The largest absolute Gasteiger partial charge is 0.331 e. The smallest absolute Gasteiger partial charge is 0.329 e. The lowest BCUT2D eigenvalue weighted by Gasteiger charge is -2.15. The number of benzene rings is 2. The Kier molecular flexibility index (Phi) is 4.98. The molecule has 0 radical (unpaired) electrons. The number of nitriles is 1. The van der Waals surface area contributed by atoms with Crippen molar-refractivity contribution in [1.82, 2.24) is 10.0 Å². The number of carbonyl (C=O) groups is 1. The average molecular weight is 329 g/mol. The zero-order valence-corrected chi connectivity index (χ0v) is 13.2. The van der Waals surface area contributed by atoms with Crippen molar-refractivity contribution in [2.24, 2.45) is 0 Å². The number of hydrogen-bond acceptors (Lipinski definition) is 4. The minimum absolute atomic E-state index is 0.140. The van der Waals surface area contributed by atoms with Gasteiger partial charge in [-0.15, -0.1) is 0 Å². The topological polar surface area (TPSA) is 99.1 Å². The highest BCUT2D eigenvalue weighted by Gasteiger charge is 2.19. The molecule has 0 heterocycles. The Labute approximate surface area is 134 Å². The maximum Gasteiger partial charge on any atom is 0.329 e. The third-order valence-electron chi connectivity index (χ3n) is 3.15. The Morgan fingerprint density at radius 3 is 2.48 bits per heavy atom. The summed E-state index contributed by atoms with van der Waals surface area (Å²) in [7, 11) is -4.03. The van der Waals surface area contributed by atoms with Gasteiger partial charge in [-0.25, -0.2) is 17.9 Å². The van der Waals surface area contributed by atoms with Crippen LogP contribution < -0.4 is 10.0 Å². The highest BCUT2D eigenvalue weighted by atomic mass is 32.2. The quantitative estimate of drug-likeness (QED) is 0.899. The Morgan fingerprint density at radius 2 is 1.83 bits per heavy atom. The standard InChI is InChI=1S/C16H15N3O3S/c1-12(14-7-3-2-4-8-14)18-16(20)19-23(21,22)15-9-5-6-13(10-15)11-17/h2-10,12H,1H3,(H2,18,19,20). The third-order valence-corrected chi connectivity index (χ3v) is 4.48. The first-order valence-electron chi connectivity index (χ1n) is 6.81. The first-order valence-corrected chi connectivity index (χ1v) is 8.29. The van der Waals surface area contributed by atoms with Crippen LogP contribution >= 0.6 is 0 Å². The summed E-state index contributed by atoms with van der Waals surface area (Å²) in [6.07, 6.45) is 0. The van der Waals surface area contributed by atoms with E-state index in [0.717, 1.165) is 5.56 Å². The van der Waals surface area contributed by atoms with Gasteiger partial charge >= 0.3 is 6.03 Å². The molecule has 0 aliphatic carbocycles. The Hall–Kier alpha value is -2.85. The summed E-state index contributed by atoms with van der Waals surface area (Å²) in [6, 6.07) is 15.3. The van der Waals surface area contributed by atoms with Crippen LogP contribution in [0.25, 0.3) is 0 Å². The predicted molar refractivity (Wildman–Crippen MR) is 84.9 cm³/mol. The maximum atomic E-state index is 12.1. The van der Waals surface area contributed by atoms with Crippen molar-refractivity contribution < 1.29 is 13.2 Å². The van der Waals surface area contributed by atoms with Crippen LogP contribution in [0.1, 0.15) is 24.1 Å². The van der Waals surface area contributed by atoms with Gasteiger partial charge in [-0.3, -0.25) is 0 Å². The lowest BCUT2D eigenvalue weighted by molar-refractivity contribution is 0.243. The van der Waals surface area contributed by atoms with Crippen LogP contribution in [-0.4, -0.2) is 14.4 Å². The van der Waals surface area contributed by atoms with E-state index in [4.69, 9.17) is 5.26 Å². The molecule has 0 saturated carbocycles. The van der Waals surface area contributed by atoms with E-state index in [1.807, 2.05) is 41.1 Å². The predicted octanol–water partition coefficient (Wildman–Crippen LogP) is 2.31. The van der Waals surface area contributed by atoms with Crippen LogP contribution in [0, 0.1) is 11.3 Å². The highest BCUT2D eigenvalue weighted by molar-refractivity contribution is 7.90. The van der Waals surface area contributed by atoms with Crippen LogP contribution in [0.3, 0.4) is 0 Å². The van der Waals surface area contributed by atoms with E-state index < -0.39 is 16.1 Å². The fourth-order valence-corrected chi connectivity index (χ4v) is 2.93. The molecule has 1 atom stereocenters. The molecule has 1 unspecified atom stereocenters. The molecule has 0 spiro atoms. The first kappa shape index (κ1) is 16.5. The number of nitrogens with zero attached hydrogens (tertiary/aromatic N) is 1. The third kappa shape index (κ3) is 4.31. The molecule has 0 saturated heterocycles. The molecule has 0 aliphatic rings. The minimum atomic E-state index is -4.03. The Morgan fingerprint density at radius 1 is 1.13 bits per heavy atom. The van der Waals surface area contributed by atoms with Gasteiger partial charge in [0, 0.05) is 0 Å². The minimum Gasteiger partial charge on any atom is -0.331 e. The summed E-state index contributed by atoms with van der Waals surface area (Å²) in [5, 5.41) is 11.4. The average Bonchev–Trinajstić information content (AvgIpc) is 2.55. The second-order valence-electron chi connectivity index (χ2n) is 4.85. The van der Waals surface area contributed by atoms with Gasteiger partial charge in [-0.05, 0) is 30.7 Å². The van der Waals surface area contributed by atoms with E-state index in [1.165, 1.54) is 24.3 Å². The second-order valence-corrected chi connectivity index (χ2v) is 6.53. The number of hydrogen-bond donors (Lipinski definition) is 2. The number of rotatable bonds is 4. The SMILES string of the molecule is CC(NC(=O)NS(=O)(=O)c1cccc(C#N)c1)c1ccccc1. The van der Waals surface area contributed by atoms with Gasteiger partial charge in [0.05, 0.1) is 22.6 Å². The molecule has 23 heavy (non-hydrogen) atoms. The molecule has 6 nitrogen and oxygen atoms in total. The van der Waals surface area contributed by atoms with Gasteiger partial charge in [-0.1, -0.05) is 36.4 Å². The molecule has 0 aliphatic heterocycles. The zero-order valence-electron chi connectivity index (χ0n) is 12.4. The van der Waals surface area contributed by atoms with Crippen LogP contribution in [0.15, 0.2) is 59.5 Å². The van der Waals surface area contributed by atoms with Gasteiger partial charge in [0.1, 0.15) is 0 Å². The second kappa shape index (κ2) is 6.94. The molecule has 2 rings (SSSR count). The normalized spacial score (nSPS) is 12.0. The van der Waals surface area contributed by atoms with E-state index in [9.17, 15) is 13.2 Å². The fraction of sp³-hybridized carbons (Fsp3) is 0.125. The summed E-state index contributed by atoms with van der Waals surface area (Å²) < 4.78 is 26.2. The fourth-order valence-electron chi connectivity index (χ4n) is 1.96. The molecule has 2 N–H and O–H groups in total. The molecule has 0 bridgehead atoms.